The van der Waals surface area contributed by atoms with Gasteiger partial charge in [-0.2, -0.15) is 0 Å². The highest BCUT2D eigenvalue weighted by molar-refractivity contribution is 5.80. The first-order chi connectivity index (χ1) is 39.7. The van der Waals surface area contributed by atoms with Gasteiger partial charge in [0.15, 0.2) is 12.4 Å². The number of amides is 1. The van der Waals surface area contributed by atoms with Gasteiger partial charge < -0.3 is 45.1 Å². The summed E-state index contributed by atoms with van der Waals surface area (Å²) in [5.74, 6) is -1.23. The van der Waals surface area contributed by atoms with Crippen molar-refractivity contribution >= 4 is 11.9 Å². The van der Waals surface area contributed by atoms with E-state index in [1.807, 2.05) is 60.8 Å². The van der Waals surface area contributed by atoms with Crippen LogP contribution in [0.4, 0.5) is 0 Å². The average molecular weight is 1140 g/mol. The maximum atomic E-state index is 13.4. The summed E-state index contributed by atoms with van der Waals surface area (Å²) in [6.07, 6.45) is 63.9. The zero-order valence-electron chi connectivity index (χ0n) is 52.1. The van der Waals surface area contributed by atoms with Gasteiger partial charge in [0.05, 0.1) is 25.4 Å². The lowest BCUT2D eigenvalue weighted by molar-refractivity contribution is -0.305. The van der Waals surface area contributed by atoms with E-state index in [9.17, 15) is 35.1 Å². The first-order valence-electron chi connectivity index (χ1n) is 33.8. The van der Waals surface area contributed by atoms with Crippen molar-refractivity contribution in [3.63, 3.8) is 0 Å². The monoisotopic (exact) mass is 1140 g/mol. The number of hydrogen-bond acceptors (Lipinski definition) is 10. The van der Waals surface area contributed by atoms with Gasteiger partial charge in [-0.3, -0.25) is 9.59 Å². The average Bonchev–Trinajstić information content (AvgIpc) is 3.46. The first-order valence-corrected chi connectivity index (χ1v) is 33.8. The lowest BCUT2D eigenvalue weighted by Crippen LogP contribution is -2.61. The third-order valence-electron chi connectivity index (χ3n) is 15.8. The molecule has 0 aromatic rings. The number of aliphatic hydroxyl groups is 5. The number of hydrogen-bond donors (Lipinski definition) is 6. The summed E-state index contributed by atoms with van der Waals surface area (Å²) in [5, 5.41) is 57.0. The van der Waals surface area contributed by atoms with Crippen LogP contribution in [0.1, 0.15) is 297 Å². The minimum absolute atomic E-state index is 0.120. The van der Waals surface area contributed by atoms with Gasteiger partial charge in [-0.15, -0.1) is 0 Å². The SMILES string of the molecule is CC/C=C/C=C/C=C\C=C/C=C/CCCCC(O)C(=O)NC(COC1OC(CO)C(O)C(O)C1OC(=O)CCCCCCCCCCCCCCCCCCCCCCCCCCC)C(O)/C=C/CCCCCCCCCCCCC. The lowest BCUT2D eigenvalue weighted by Gasteiger charge is -2.41. The molecule has 0 radical (unpaired) electrons. The van der Waals surface area contributed by atoms with E-state index in [1.54, 1.807) is 6.08 Å². The molecule has 0 saturated carbocycles. The van der Waals surface area contributed by atoms with Crippen LogP contribution >= 0.6 is 0 Å². The predicted molar refractivity (Wildman–Crippen MR) is 338 cm³/mol. The Morgan fingerprint density at radius 1 is 0.494 bits per heavy atom. The summed E-state index contributed by atoms with van der Waals surface area (Å²) in [6.45, 7) is 5.65. The van der Waals surface area contributed by atoms with Crippen molar-refractivity contribution in [3.05, 3.63) is 72.9 Å². The van der Waals surface area contributed by atoms with Crippen LogP contribution in [0.5, 0.6) is 0 Å². The molecule has 81 heavy (non-hydrogen) atoms. The van der Waals surface area contributed by atoms with Crippen LogP contribution < -0.4 is 5.32 Å². The van der Waals surface area contributed by atoms with Gasteiger partial charge in [0, 0.05) is 6.42 Å². The minimum Gasteiger partial charge on any atom is -0.454 e. The van der Waals surface area contributed by atoms with Crippen LogP contribution in [-0.4, -0.2) is 99.6 Å². The Kier molecular flexibility index (Phi) is 54.1. The van der Waals surface area contributed by atoms with Crippen molar-refractivity contribution in [3.8, 4) is 0 Å². The Balaban J connectivity index is 2.59. The normalized spacial score (nSPS) is 19.1. The molecule has 6 N–H and O–H groups in total. The fourth-order valence-corrected chi connectivity index (χ4v) is 10.4. The van der Waals surface area contributed by atoms with E-state index >= 15 is 0 Å². The number of carbonyl (C=O) groups excluding carboxylic acids is 2. The summed E-state index contributed by atoms with van der Waals surface area (Å²) in [5.41, 5.74) is 0. The summed E-state index contributed by atoms with van der Waals surface area (Å²) >= 11 is 0. The highest BCUT2D eigenvalue weighted by atomic mass is 16.7. The second kappa shape index (κ2) is 57.5. The molecule has 1 amide bonds. The number of aliphatic hydroxyl groups excluding tert-OH is 5. The zero-order chi connectivity index (χ0) is 58.9. The van der Waals surface area contributed by atoms with Gasteiger partial charge in [0.1, 0.15) is 24.4 Å². The second-order valence-corrected chi connectivity index (χ2v) is 23.3. The molecule has 11 nitrogen and oxygen atoms in total. The Morgan fingerprint density at radius 2 is 0.889 bits per heavy atom. The van der Waals surface area contributed by atoms with Crippen molar-refractivity contribution in [2.75, 3.05) is 13.2 Å². The van der Waals surface area contributed by atoms with Gasteiger partial charge in [-0.05, 0) is 44.9 Å². The van der Waals surface area contributed by atoms with Crippen LogP contribution in [0.2, 0.25) is 0 Å². The number of esters is 1. The van der Waals surface area contributed by atoms with E-state index in [4.69, 9.17) is 14.2 Å². The Labute approximate surface area is 496 Å². The topological polar surface area (TPSA) is 175 Å². The Bertz CT molecular complexity index is 1590. The molecular formula is C70H125NO10. The van der Waals surface area contributed by atoms with E-state index in [2.05, 4.69) is 32.2 Å². The smallest absolute Gasteiger partial charge is 0.306 e. The predicted octanol–water partition coefficient (Wildman–Crippen LogP) is 16.7. The van der Waals surface area contributed by atoms with Crippen molar-refractivity contribution in [2.24, 2.45) is 0 Å². The van der Waals surface area contributed by atoms with Gasteiger partial charge >= 0.3 is 5.97 Å². The molecule has 8 atom stereocenters. The highest BCUT2D eigenvalue weighted by Gasteiger charge is 2.47. The van der Waals surface area contributed by atoms with E-state index < -0.39 is 67.4 Å². The van der Waals surface area contributed by atoms with Crippen molar-refractivity contribution in [1.82, 2.24) is 5.32 Å². The molecule has 1 aliphatic heterocycles. The van der Waals surface area contributed by atoms with Crippen LogP contribution in [0.3, 0.4) is 0 Å². The maximum absolute atomic E-state index is 13.4. The van der Waals surface area contributed by atoms with E-state index in [1.165, 1.54) is 193 Å². The third kappa shape index (κ3) is 45.2. The van der Waals surface area contributed by atoms with Crippen molar-refractivity contribution in [2.45, 2.75) is 346 Å². The van der Waals surface area contributed by atoms with Crippen LogP contribution in [0, 0.1) is 0 Å². The molecule has 1 saturated heterocycles. The van der Waals surface area contributed by atoms with Gasteiger partial charge in [-0.25, -0.2) is 0 Å². The largest absolute Gasteiger partial charge is 0.454 e. The second-order valence-electron chi connectivity index (χ2n) is 23.3. The number of unbranched alkanes of at least 4 members (excludes halogenated alkanes) is 37. The van der Waals surface area contributed by atoms with Crippen molar-refractivity contribution < 1.29 is 49.3 Å². The molecule has 8 unspecified atom stereocenters. The molecule has 0 bridgehead atoms. The molecule has 1 rings (SSSR count). The Hall–Kier alpha value is -2.90. The maximum Gasteiger partial charge on any atom is 0.306 e. The fraction of sp³-hybridized carbons (Fsp3) is 0.800. The number of ether oxygens (including phenoxy) is 3. The number of nitrogens with one attached hydrogen (secondary N) is 1. The standard InChI is InChI=1S/C70H125NO10/c1-4-7-10-13-16-19-22-25-27-28-29-30-31-32-33-34-35-36-37-40-43-46-49-52-55-58-65(75)81-68-67(77)66(76)64(59-72)80-70(68)79-60-61(62(73)56-53-50-47-44-41-38-24-21-18-15-12-9-6-3)71-69(78)63(74)57-54-51-48-45-42-39-26-23-20-17-14-11-8-5-2/h8,11,14,17,20,23,26,39,42,45,53,56,61-64,66-68,70,72-74,76-77H,4-7,9-10,12-13,15-16,18-19,21-22,24-25,27-38,40-41,43-44,46-52,54-55,57-60H2,1-3H3,(H,71,78)/b11-8+,17-14+,23-20-,39-26-,45-42+,56-53+. The Morgan fingerprint density at radius 3 is 1.33 bits per heavy atom. The lowest BCUT2D eigenvalue weighted by atomic mass is 9.99. The molecule has 11 heteroatoms. The summed E-state index contributed by atoms with van der Waals surface area (Å²) < 4.78 is 17.6. The molecule has 0 aromatic heterocycles. The van der Waals surface area contributed by atoms with E-state index in [-0.39, 0.29) is 19.4 Å². The summed E-state index contributed by atoms with van der Waals surface area (Å²) in [7, 11) is 0. The molecule has 1 fully saturated rings. The van der Waals surface area contributed by atoms with Gasteiger partial charge in [0.2, 0.25) is 5.91 Å². The number of rotatable bonds is 57. The van der Waals surface area contributed by atoms with Gasteiger partial charge in [-0.1, -0.05) is 318 Å². The van der Waals surface area contributed by atoms with Crippen LogP contribution in [0.25, 0.3) is 0 Å². The summed E-state index contributed by atoms with van der Waals surface area (Å²) in [4.78, 5) is 26.6. The third-order valence-corrected chi connectivity index (χ3v) is 15.8. The quantitative estimate of drug-likeness (QED) is 0.0149. The molecule has 1 aliphatic rings. The summed E-state index contributed by atoms with van der Waals surface area (Å²) in [6, 6.07) is -1.05. The molecule has 1 heterocycles. The number of carbonyl (C=O) groups is 2. The molecular weight excluding hydrogens is 1010 g/mol. The fourth-order valence-electron chi connectivity index (χ4n) is 10.4. The number of allylic oxidation sites excluding steroid dienone is 11. The molecule has 470 valence electrons. The van der Waals surface area contributed by atoms with Crippen LogP contribution in [-0.2, 0) is 23.8 Å². The zero-order valence-corrected chi connectivity index (χ0v) is 52.1. The van der Waals surface area contributed by atoms with Crippen molar-refractivity contribution in [1.29, 1.82) is 0 Å². The van der Waals surface area contributed by atoms with Crippen LogP contribution in [0.15, 0.2) is 72.9 Å². The first kappa shape index (κ1) is 76.1. The minimum atomic E-state index is -1.62. The highest BCUT2D eigenvalue weighted by Crippen LogP contribution is 2.26. The van der Waals surface area contributed by atoms with Gasteiger partial charge in [0.25, 0.3) is 0 Å². The van der Waals surface area contributed by atoms with E-state index in [0.29, 0.717) is 12.8 Å². The molecule has 0 aliphatic carbocycles. The van der Waals surface area contributed by atoms with E-state index in [0.717, 1.165) is 57.8 Å². The molecule has 0 spiro atoms. The molecule has 0 aromatic carbocycles.